The van der Waals surface area contributed by atoms with Gasteiger partial charge in [-0.15, -0.1) is 0 Å². The molecule has 0 saturated carbocycles. The van der Waals surface area contributed by atoms with E-state index in [9.17, 15) is 13.2 Å². The van der Waals surface area contributed by atoms with Crippen LogP contribution in [0, 0.1) is 0 Å². The van der Waals surface area contributed by atoms with Crippen LogP contribution in [0.4, 0.5) is 11.4 Å². The predicted octanol–water partition coefficient (Wildman–Crippen LogP) is 3.25. The Bertz CT molecular complexity index is 984. The summed E-state index contributed by atoms with van der Waals surface area (Å²) in [6, 6.07) is 14.9. The zero-order valence-corrected chi connectivity index (χ0v) is 17.3. The molecule has 4 rings (SSSR count). The zero-order chi connectivity index (χ0) is 20.3. The number of nitrogens with zero attached hydrogens (tertiary/aromatic N) is 2. The summed E-state index contributed by atoms with van der Waals surface area (Å²) in [6.45, 7) is 2.73. The third-order valence-electron chi connectivity index (χ3n) is 5.64. The molecule has 0 atom stereocenters. The largest absolute Gasteiger partial charge is 0.371 e. The second kappa shape index (κ2) is 8.55. The van der Waals surface area contributed by atoms with Crippen LogP contribution in [0.3, 0.4) is 0 Å². The number of nitrogens with one attached hydrogen (secondary N) is 1. The first kappa shape index (κ1) is 19.9. The molecule has 0 bridgehead atoms. The molecular formula is C22H27N3O3S. The van der Waals surface area contributed by atoms with Gasteiger partial charge in [-0.2, -0.15) is 4.31 Å². The lowest BCUT2D eigenvalue weighted by Gasteiger charge is -2.31. The van der Waals surface area contributed by atoms with E-state index in [1.54, 1.807) is 24.3 Å². The molecule has 1 fully saturated rings. The van der Waals surface area contributed by atoms with Crippen molar-refractivity contribution in [2.75, 3.05) is 36.4 Å². The Kier molecular flexibility index (Phi) is 5.87. The van der Waals surface area contributed by atoms with Gasteiger partial charge in [-0.1, -0.05) is 24.3 Å². The summed E-state index contributed by atoms with van der Waals surface area (Å²) < 4.78 is 27.0. The van der Waals surface area contributed by atoms with Crippen molar-refractivity contribution in [2.45, 2.75) is 37.0 Å². The molecule has 1 N–H and O–H groups in total. The van der Waals surface area contributed by atoms with E-state index in [1.165, 1.54) is 15.6 Å². The molecule has 2 aliphatic rings. The highest BCUT2D eigenvalue weighted by Crippen LogP contribution is 2.27. The molecule has 0 unspecified atom stereocenters. The Balaban J connectivity index is 1.38. The number of amides is 1. The lowest BCUT2D eigenvalue weighted by atomic mass is 10.0. The quantitative estimate of drug-likeness (QED) is 0.789. The van der Waals surface area contributed by atoms with Crippen molar-refractivity contribution in [3.05, 3.63) is 54.1 Å². The van der Waals surface area contributed by atoms with Crippen LogP contribution in [0.1, 0.15) is 31.2 Å². The average molecular weight is 414 g/mol. The van der Waals surface area contributed by atoms with Gasteiger partial charge in [-0.25, -0.2) is 8.42 Å². The number of anilines is 2. The van der Waals surface area contributed by atoms with Crippen LogP contribution in [0.15, 0.2) is 53.4 Å². The Hall–Kier alpha value is -2.38. The van der Waals surface area contributed by atoms with Crippen molar-refractivity contribution < 1.29 is 13.2 Å². The van der Waals surface area contributed by atoms with Gasteiger partial charge in [0.05, 0.1) is 4.90 Å². The highest BCUT2D eigenvalue weighted by Gasteiger charge is 2.27. The summed E-state index contributed by atoms with van der Waals surface area (Å²) >= 11 is 0. The number of hydrogen-bond acceptors (Lipinski definition) is 4. The van der Waals surface area contributed by atoms with Gasteiger partial charge >= 0.3 is 0 Å². The molecule has 2 aromatic rings. The smallest absolute Gasteiger partial charge is 0.243 e. The number of aryl methyl sites for hydroxylation is 1. The molecule has 154 valence electrons. The first-order valence-electron chi connectivity index (χ1n) is 10.3. The molecule has 6 nitrogen and oxygen atoms in total. The number of sulfonamides is 1. The molecule has 7 heteroatoms. The van der Waals surface area contributed by atoms with E-state index in [0.29, 0.717) is 31.7 Å². The summed E-state index contributed by atoms with van der Waals surface area (Å²) in [7, 11) is -3.49. The number of fused-ring (bicyclic) bond motifs is 1. The van der Waals surface area contributed by atoms with Gasteiger partial charge in [0.1, 0.15) is 0 Å². The highest BCUT2D eigenvalue weighted by atomic mass is 32.2. The van der Waals surface area contributed by atoms with Crippen molar-refractivity contribution in [1.82, 2.24) is 4.31 Å². The molecule has 2 heterocycles. The standard InChI is InChI=1S/C22H27N3O3S/c26-22(12-16-24-13-6-8-18-7-1-2-11-21(18)24)23-19-9-5-10-20(17-19)29(27,28)25-14-3-4-15-25/h1-2,5,7,9-11,17H,3-4,6,8,12-16H2,(H,23,26). The molecule has 1 amide bonds. The van der Waals surface area contributed by atoms with Crippen LogP contribution in [0.5, 0.6) is 0 Å². The fourth-order valence-electron chi connectivity index (χ4n) is 4.12. The van der Waals surface area contributed by atoms with Crippen LogP contribution in [-0.4, -0.2) is 44.8 Å². The molecular weight excluding hydrogens is 386 g/mol. The van der Waals surface area contributed by atoms with Gasteiger partial charge in [0.2, 0.25) is 15.9 Å². The normalized spacial score (nSPS) is 17.2. The van der Waals surface area contributed by atoms with Gasteiger partial charge in [0.25, 0.3) is 0 Å². The third-order valence-corrected chi connectivity index (χ3v) is 7.53. The van der Waals surface area contributed by atoms with E-state index >= 15 is 0 Å². The summed E-state index contributed by atoms with van der Waals surface area (Å²) in [5, 5.41) is 2.86. The molecule has 0 aromatic heterocycles. The van der Waals surface area contributed by atoms with Gasteiger partial charge in [0.15, 0.2) is 0 Å². The van der Waals surface area contributed by atoms with Crippen molar-refractivity contribution >= 4 is 27.3 Å². The summed E-state index contributed by atoms with van der Waals surface area (Å²) in [6.07, 6.45) is 4.33. The Morgan fingerprint density at radius 3 is 2.59 bits per heavy atom. The fraction of sp³-hybridized carbons (Fsp3) is 0.409. The van der Waals surface area contributed by atoms with E-state index in [0.717, 1.165) is 32.2 Å². The maximum atomic E-state index is 12.7. The topological polar surface area (TPSA) is 69.7 Å². The van der Waals surface area contributed by atoms with Gasteiger partial charge in [-0.05, 0) is 55.5 Å². The minimum Gasteiger partial charge on any atom is -0.371 e. The molecule has 2 aliphatic heterocycles. The lowest BCUT2D eigenvalue weighted by molar-refractivity contribution is -0.116. The molecule has 0 aliphatic carbocycles. The molecule has 0 spiro atoms. The minimum absolute atomic E-state index is 0.108. The van der Waals surface area contributed by atoms with E-state index < -0.39 is 10.0 Å². The van der Waals surface area contributed by atoms with Crippen LogP contribution in [-0.2, 0) is 21.2 Å². The fourth-order valence-corrected chi connectivity index (χ4v) is 5.68. The molecule has 0 radical (unpaired) electrons. The molecule has 2 aromatic carbocycles. The first-order chi connectivity index (χ1) is 14.0. The number of benzene rings is 2. The Morgan fingerprint density at radius 1 is 0.966 bits per heavy atom. The van der Waals surface area contributed by atoms with E-state index in [4.69, 9.17) is 0 Å². The van der Waals surface area contributed by atoms with Crippen LogP contribution >= 0.6 is 0 Å². The van der Waals surface area contributed by atoms with Crippen LogP contribution < -0.4 is 10.2 Å². The van der Waals surface area contributed by atoms with E-state index in [2.05, 4.69) is 28.4 Å². The van der Waals surface area contributed by atoms with Crippen molar-refractivity contribution in [2.24, 2.45) is 0 Å². The Morgan fingerprint density at radius 2 is 1.76 bits per heavy atom. The third kappa shape index (κ3) is 4.46. The molecule has 1 saturated heterocycles. The number of rotatable bonds is 6. The van der Waals surface area contributed by atoms with E-state index in [-0.39, 0.29) is 10.8 Å². The maximum Gasteiger partial charge on any atom is 0.243 e. The highest BCUT2D eigenvalue weighted by molar-refractivity contribution is 7.89. The lowest BCUT2D eigenvalue weighted by Crippen LogP contribution is -2.32. The maximum absolute atomic E-state index is 12.7. The molecule has 29 heavy (non-hydrogen) atoms. The average Bonchev–Trinajstić information content (AvgIpc) is 3.28. The van der Waals surface area contributed by atoms with Gasteiger partial charge < -0.3 is 10.2 Å². The van der Waals surface area contributed by atoms with Crippen molar-refractivity contribution in [3.63, 3.8) is 0 Å². The van der Waals surface area contributed by atoms with Crippen molar-refractivity contribution in [1.29, 1.82) is 0 Å². The number of para-hydroxylation sites is 1. The number of carbonyl (C=O) groups excluding carboxylic acids is 1. The minimum atomic E-state index is -3.49. The second-order valence-corrected chi connectivity index (χ2v) is 9.59. The monoisotopic (exact) mass is 413 g/mol. The Labute approximate surface area is 172 Å². The number of carbonyl (C=O) groups is 1. The summed E-state index contributed by atoms with van der Waals surface area (Å²) in [5.74, 6) is -0.108. The van der Waals surface area contributed by atoms with Gasteiger partial charge in [-0.3, -0.25) is 4.79 Å². The SMILES string of the molecule is O=C(CCN1CCCc2ccccc21)Nc1cccc(S(=O)(=O)N2CCCC2)c1. The summed E-state index contributed by atoms with van der Waals surface area (Å²) in [4.78, 5) is 15.0. The zero-order valence-electron chi connectivity index (χ0n) is 16.5. The number of hydrogen-bond donors (Lipinski definition) is 1. The first-order valence-corrected chi connectivity index (χ1v) is 11.7. The van der Waals surface area contributed by atoms with E-state index in [1.807, 2.05) is 6.07 Å². The van der Waals surface area contributed by atoms with Crippen LogP contribution in [0.25, 0.3) is 0 Å². The van der Waals surface area contributed by atoms with Crippen molar-refractivity contribution in [3.8, 4) is 0 Å². The van der Waals surface area contributed by atoms with Crippen LogP contribution in [0.2, 0.25) is 0 Å². The van der Waals surface area contributed by atoms with Gasteiger partial charge in [0, 0.05) is 44.0 Å². The predicted molar refractivity (Wildman–Crippen MR) is 115 cm³/mol. The summed E-state index contributed by atoms with van der Waals surface area (Å²) in [5.41, 5.74) is 3.07. The second-order valence-electron chi connectivity index (χ2n) is 7.66.